The smallest absolute Gasteiger partial charge is 0.159 e. The number of ketones is 2. The second kappa shape index (κ2) is 8.22. The molecule has 3 heteroatoms. The summed E-state index contributed by atoms with van der Waals surface area (Å²) >= 11 is 0. The average Bonchev–Trinajstić information content (AvgIpc) is 2.31. The summed E-state index contributed by atoms with van der Waals surface area (Å²) in [5, 5.41) is 9.44. The predicted molar refractivity (Wildman–Crippen MR) is 64.2 cm³/mol. The molecule has 0 amide bonds. The molecule has 0 aromatic heterocycles. The third kappa shape index (κ3) is 5.81. The van der Waals surface area contributed by atoms with Crippen LogP contribution in [0.2, 0.25) is 0 Å². The molecule has 0 aromatic carbocycles. The lowest BCUT2D eigenvalue weighted by atomic mass is 10.0. The Morgan fingerprint density at radius 2 is 1.75 bits per heavy atom. The number of aliphatic hydroxyl groups is 1. The van der Waals surface area contributed by atoms with E-state index in [-0.39, 0.29) is 18.0 Å². The SMILES string of the molecule is CCC(=O)CCC(=O)/C(=C/[C@@H](O)CC)CC. The van der Waals surface area contributed by atoms with Gasteiger partial charge in [0, 0.05) is 19.3 Å². The van der Waals surface area contributed by atoms with Gasteiger partial charge in [0.05, 0.1) is 6.10 Å². The number of aliphatic hydroxyl groups excluding tert-OH is 1. The Morgan fingerprint density at radius 1 is 1.12 bits per heavy atom. The Bertz CT molecular complexity index is 266. The van der Waals surface area contributed by atoms with Gasteiger partial charge in [-0.25, -0.2) is 0 Å². The lowest BCUT2D eigenvalue weighted by molar-refractivity contribution is -0.122. The standard InChI is InChI=1S/C13H22O3/c1-4-10(9-12(15)6-3)13(16)8-7-11(14)5-2/h9,12,15H,4-8H2,1-3H3/b10-9+/t12-/m0/s1. The number of carbonyl (C=O) groups excluding carboxylic acids is 2. The molecule has 0 saturated carbocycles. The average molecular weight is 226 g/mol. The lowest BCUT2D eigenvalue weighted by Crippen LogP contribution is -2.09. The van der Waals surface area contributed by atoms with E-state index in [0.29, 0.717) is 31.3 Å². The van der Waals surface area contributed by atoms with Crippen LogP contribution in [0.5, 0.6) is 0 Å². The Labute approximate surface area is 97.5 Å². The number of Topliss-reactive ketones (excluding diaryl/α,β-unsaturated/α-hetero) is 2. The van der Waals surface area contributed by atoms with E-state index in [0.717, 1.165) is 0 Å². The fourth-order valence-corrected chi connectivity index (χ4v) is 1.35. The van der Waals surface area contributed by atoms with Crippen molar-refractivity contribution in [2.45, 2.75) is 59.0 Å². The number of hydrogen-bond donors (Lipinski definition) is 1. The normalized spacial score (nSPS) is 13.6. The van der Waals surface area contributed by atoms with Crippen LogP contribution in [0.3, 0.4) is 0 Å². The van der Waals surface area contributed by atoms with Crippen LogP contribution in [0.25, 0.3) is 0 Å². The molecule has 0 rings (SSSR count). The van der Waals surface area contributed by atoms with Gasteiger partial charge in [-0.15, -0.1) is 0 Å². The molecule has 0 aromatic rings. The van der Waals surface area contributed by atoms with Crippen molar-refractivity contribution in [2.24, 2.45) is 0 Å². The van der Waals surface area contributed by atoms with Crippen molar-refractivity contribution in [2.75, 3.05) is 0 Å². The largest absolute Gasteiger partial charge is 0.389 e. The van der Waals surface area contributed by atoms with Crippen molar-refractivity contribution >= 4 is 11.6 Å². The van der Waals surface area contributed by atoms with Gasteiger partial charge in [-0.05, 0) is 24.5 Å². The van der Waals surface area contributed by atoms with Crippen LogP contribution in [0.1, 0.15) is 52.9 Å². The first kappa shape index (κ1) is 15.0. The van der Waals surface area contributed by atoms with Gasteiger partial charge in [0.2, 0.25) is 0 Å². The summed E-state index contributed by atoms with van der Waals surface area (Å²) in [6, 6.07) is 0. The number of carbonyl (C=O) groups is 2. The minimum Gasteiger partial charge on any atom is -0.389 e. The van der Waals surface area contributed by atoms with Gasteiger partial charge in [-0.3, -0.25) is 9.59 Å². The molecule has 1 atom stereocenters. The fourth-order valence-electron chi connectivity index (χ4n) is 1.35. The summed E-state index contributed by atoms with van der Waals surface area (Å²) in [7, 11) is 0. The van der Waals surface area contributed by atoms with E-state index >= 15 is 0 Å². The highest BCUT2D eigenvalue weighted by Crippen LogP contribution is 2.10. The number of allylic oxidation sites excluding steroid dienone is 1. The van der Waals surface area contributed by atoms with E-state index in [1.54, 1.807) is 13.0 Å². The second-order valence-electron chi connectivity index (χ2n) is 3.84. The third-order valence-electron chi connectivity index (χ3n) is 2.58. The van der Waals surface area contributed by atoms with Crippen LogP contribution < -0.4 is 0 Å². The van der Waals surface area contributed by atoms with Gasteiger partial charge in [-0.2, -0.15) is 0 Å². The Morgan fingerprint density at radius 3 is 2.19 bits per heavy atom. The minimum absolute atomic E-state index is 0.0169. The van der Waals surface area contributed by atoms with E-state index in [2.05, 4.69) is 0 Å². The summed E-state index contributed by atoms with van der Waals surface area (Å²) in [6.45, 7) is 5.54. The van der Waals surface area contributed by atoms with Gasteiger partial charge in [0.25, 0.3) is 0 Å². The molecule has 92 valence electrons. The van der Waals surface area contributed by atoms with E-state index in [1.165, 1.54) is 0 Å². The second-order valence-corrected chi connectivity index (χ2v) is 3.84. The molecular formula is C13H22O3. The Kier molecular flexibility index (Phi) is 7.73. The molecule has 16 heavy (non-hydrogen) atoms. The molecule has 0 saturated heterocycles. The van der Waals surface area contributed by atoms with Crippen LogP contribution in [0, 0.1) is 0 Å². The summed E-state index contributed by atoms with van der Waals surface area (Å²) in [4.78, 5) is 22.8. The maximum Gasteiger partial charge on any atom is 0.159 e. The van der Waals surface area contributed by atoms with Crippen molar-refractivity contribution in [3.8, 4) is 0 Å². The van der Waals surface area contributed by atoms with Gasteiger partial charge in [0.15, 0.2) is 5.78 Å². The predicted octanol–water partition coefficient (Wildman–Crippen LogP) is 2.42. The molecule has 3 nitrogen and oxygen atoms in total. The summed E-state index contributed by atoms with van der Waals surface area (Å²) in [6.07, 6.45) is 3.33. The fraction of sp³-hybridized carbons (Fsp3) is 0.692. The zero-order valence-electron chi connectivity index (χ0n) is 10.5. The van der Waals surface area contributed by atoms with Crippen LogP contribution in [-0.2, 0) is 9.59 Å². The molecule has 0 radical (unpaired) electrons. The van der Waals surface area contributed by atoms with Crippen LogP contribution in [-0.4, -0.2) is 22.8 Å². The molecule has 0 aliphatic rings. The molecular weight excluding hydrogens is 204 g/mol. The van der Waals surface area contributed by atoms with Crippen molar-refractivity contribution in [3.05, 3.63) is 11.6 Å². The lowest BCUT2D eigenvalue weighted by Gasteiger charge is -2.06. The van der Waals surface area contributed by atoms with E-state index < -0.39 is 6.10 Å². The van der Waals surface area contributed by atoms with Crippen LogP contribution in [0.4, 0.5) is 0 Å². The topological polar surface area (TPSA) is 54.4 Å². The van der Waals surface area contributed by atoms with Crippen molar-refractivity contribution in [3.63, 3.8) is 0 Å². The Balaban J connectivity index is 4.32. The van der Waals surface area contributed by atoms with Gasteiger partial charge in [0.1, 0.15) is 5.78 Å². The first-order chi connectivity index (χ1) is 7.54. The Hall–Kier alpha value is -0.960. The van der Waals surface area contributed by atoms with Gasteiger partial charge < -0.3 is 5.11 Å². The molecule has 0 spiro atoms. The zero-order chi connectivity index (χ0) is 12.6. The monoisotopic (exact) mass is 226 g/mol. The van der Waals surface area contributed by atoms with E-state index in [9.17, 15) is 14.7 Å². The zero-order valence-corrected chi connectivity index (χ0v) is 10.5. The van der Waals surface area contributed by atoms with E-state index in [1.807, 2.05) is 13.8 Å². The minimum atomic E-state index is -0.555. The maximum absolute atomic E-state index is 11.7. The first-order valence-corrected chi connectivity index (χ1v) is 5.98. The highest BCUT2D eigenvalue weighted by Gasteiger charge is 2.11. The molecule has 0 aliphatic carbocycles. The highest BCUT2D eigenvalue weighted by molar-refractivity contribution is 5.97. The van der Waals surface area contributed by atoms with Crippen LogP contribution in [0.15, 0.2) is 11.6 Å². The quantitative estimate of drug-likeness (QED) is 0.647. The van der Waals surface area contributed by atoms with Crippen LogP contribution >= 0.6 is 0 Å². The molecule has 0 heterocycles. The van der Waals surface area contributed by atoms with Crippen molar-refractivity contribution < 1.29 is 14.7 Å². The number of hydrogen-bond acceptors (Lipinski definition) is 3. The summed E-state index contributed by atoms with van der Waals surface area (Å²) < 4.78 is 0. The third-order valence-corrected chi connectivity index (χ3v) is 2.58. The molecule has 0 unspecified atom stereocenters. The number of rotatable bonds is 8. The first-order valence-electron chi connectivity index (χ1n) is 5.98. The molecule has 0 fully saturated rings. The molecule has 1 N–H and O–H groups in total. The van der Waals surface area contributed by atoms with E-state index in [4.69, 9.17) is 0 Å². The van der Waals surface area contributed by atoms with Crippen molar-refractivity contribution in [1.29, 1.82) is 0 Å². The summed E-state index contributed by atoms with van der Waals surface area (Å²) in [5.74, 6) is 0.0941. The molecule has 0 aliphatic heterocycles. The molecule has 0 bridgehead atoms. The maximum atomic E-state index is 11.7. The van der Waals surface area contributed by atoms with Crippen molar-refractivity contribution in [1.82, 2.24) is 0 Å². The van der Waals surface area contributed by atoms with Gasteiger partial charge >= 0.3 is 0 Å². The summed E-state index contributed by atoms with van der Waals surface area (Å²) in [5.41, 5.74) is 0.637. The highest BCUT2D eigenvalue weighted by atomic mass is 16.3. The van der Waals surface area contributed by atoms with Gasteiger partial charge in [-0.1, -0.05) is 20.8 Å².